The molecule has 1 aliphatic carbocycles. The Labute approximate surface area is 98.0 Å². The monoisotopic (exact) mass is 219 g/mol. The average molecular weight is 219 g/mol. The average Bonchev–Trinajstić information content (AvgIpc) is 2.25. The molecule has 1 N–H and O–H groups in total. The number of ether oxygens (including phenoxy) is 1. The van der Waals surface area contributed by atoms with Crippen molar-refractivity contribution in [2.75, 3.05) is 18.5 Å². The van der Waals surface area contributed by atoms with Gasteiger partial charge in [0.15, 0.2) is 0 Å². The van der Waals surface area contributed by atoms with E-state index in [1.807, 2.05) is 12.1 Å². The van der Waals surface area contributed by atoms with Crippen molar-refractivity contribution in [1.82, 2.24) is 0 Å². The van der Waals surface area contributed by atoms with E-state index >= 15 is 0 Å². The summed E-state index contributed by atoms with van der Waals surface area (Å²) in [7, 11) is 0. The highest BCUT2D eigenvalue weighted by Gasteiger charge is 2.16. The molecule has 0 unspecified atom stereocenters. The molecule has 0 bridgehead atoms. The van der Waals surface area contributed by atoms with E-state index in [0.29, 0.717) is 0 Å². The minimum atomic E-state index is 0.798. The summed E-state index contributed by atoms with van der Waals surface area (Å²) in [5.41, 5.74) is 1.18. The molecule has 0 spiro atoms. The molecule has 1 saturated carbocycles. The third kappa shape index (κ3) is 3.16. The molecule has 1 aliphatic rings. The van der Waals surface area contributed by atoms with Gasteiger partial charge in [0, 0.05) is 18.3 Å². The van der Waals surface area contributed by atoms with Gasteiger partial charge in [0.1, 0.15) is 5.75 Å². The Morgan fingerprint density at radius 1 is 1.38 bits per heavy atom. The number of anilines is 1. The molecule has 2 nitrogen and oxygen atoms in total. The van der Waals surface area contributed by atoms with Gasteiger partial charge in [-0.05, 0) is 37.3 Å². The molecule has 0 saturated heterocycles. The summed E-state index contributed by atoms with van der Waals surface area (Å²) in [4.78, 5) is 0. The molecule has 0 aliphatic heterocycles. The zero-order chi connectivity index (χ0) is 11.2. The maximum absolute atomic E-state index is 5.60. The van der Waals surface area contributed by atoms with Crippen LogP contribution in [0.2, 0.25) is 0 Å². The Morgan fingerprint density at radius 2 is 2.25 bits per heavy atom. The minimum Gasteiger partial charge on any atom is -0.494 e. The van der Waals surface area contributed by atoms with Crippen LogP contribution in [0.3, 0.4) is 0 Å². The predicted octanol–water partition coefficient (Wildman–Crippen LogP) is 3.69. The molecule has 0 heterocycles. The van der Waals surface area contributed by atoms with Gasteiger partial charge in [0.2, 0.25) is 0 Å². The summed E-state index contributed by atoms with van der Waals surface area (Å²) in [6.07, 6.45) is 5.24. The third-order valence-corrected chi connectivity index (χ3v) is 3.13. The van der Waals surface area contributed by atoms with Gasteiger partial charge in [-0.2, -0.15) is 0 Å². The minimum absolute atomic E-state index is 0.798. The molecule has 16 heavy (non-hydrogen) atoms. The van der Waals surface area contributed by atoms with Crippen molar-refractivity contribution in [2.24, 2.45) is 5.92 Å². The quantitative estimate of drug-likeness (QED) is 0.788. The van der Waals surface area contributed by atoms with Crippen LogP contribution in [-0.2, 0) is 0 Å². The van der Waals surface area contributed by atoms with Crippen molar-refractivity contribution in [1.29, 1.82) is 0 Å². The molecule has 0 amide bonds. The molecular formula is C14H21NO. The number of rotatable bonds is 6. The highest BCUT2D eigenvalue weighted by Crippen LogP contribution is 2.27. The summed E-state index contributed by atoms with van der Waals surface area (Å²) < 4.78 is 5.60. The Morgan fingerprint density at radius 3 is 2.94 bits per heavy atom. The lowest BCUT2D eigenvalue weighted by atomic mass is 9.85. The van der Waals surface area contributed by atoms with Crippen LogP contribution >= 0.6 is 0 Å². The Kier molecular flexibility index (Phi) is 4.09. The number of hydrogen-bond donors (Lipinski definition) is 1. The normalized spacial score (nSPS) is 15.6. The number of nitrogens with one attached hydrogen (secondary N) is 1. The van der Waals surface area contributed by atoms with Crippen LogP contribution in [0.1, 0.15) is 32.6 Å². The fraction of sp³-hybridized carbons (Fsp3) is 0.571. The van der Waals surface area contributed by atoms with Crippen LogP contribution in [0.15, 0.2) is 24.3 Å². The van der Waals surface area contributed by atoms with Crippen molar-refractivity contribution in [3.8, 4) is 5.75 Å². The van der Waals surface area contributed by atoms with Gasteiger partial charge in [-0.25, -0.2) is 0 Å². The molecule has 2 rings (SSSR count). The Hall–Kier alpha value is -1.18. The van der Waals surface area contributed by atoms with Crippen LogP contribution < -0.4 is 10.1 Å². The SMILES string of the molecule is CCCOc1cccc(NCC2CCC2)c1. The van der Waals surface area contributed by atoms with E-state index in [1.54, 1.807) is 0 Å². The lowest BCUT2D eigenvalue weighted by Gasteiger charge is -2.25. The van der Waals surface area contributed by atoms with E-state index in [2.05, 4.69) is 24.4 Å². The topological polar surface area (TPSA) is 21.3 Å². The molecule has 2 heteroatoms. The first-order valence-electron chi connectivity index (χ1n) is 6.35. The second kappa shape index (κ2) is 5.78. The van der Waals surface area contributed by atoms with E-state index in [4.69, 9.17) is 4.74 Å². The molecule has 1 fully saturated rings. The van der Waals surface area contributed by atoms with E-state index in [0.717, 1.165) is 31.2 Å². The fourth-order valence-electron chi connectivity index (χ4n) is 1.87. The van der Waals surface area contributed by atoms with Gasteiger partial charge < -0.3 is 10.1 Å². The first-order valence-corrected chi connectivity index (χ1v) is 6.35. The van der Waals surface area contributed by atoms with Crippen LogP contribution in [-0.4, -0.2) is 13.2 Å². The van der Waals surface area contributed by atoms with Crippen molar-refractivity contribution in [3.05, 3.63) is 24.3 Å². The third-order valence-electron chi connectivity index (χ3n) is 3.13. The molecule has 0 aromatic heterocycles. The second-order valence-electron chi connectivity index (χ2n) is 4.55. The largest absolute Gasteiger partial charge is 0.494 e. The molecule has 0 radical (unpaired) electrons. The van der Waals surface area contributed by atoms with Crippen molar-refractivity contribution < 1.29 is 4.74 Å². The molecule has 0 atom stereocenters. The molecule has 1 aromatic carbocycles. The molecule has 88 valence electrons. The number of hydrogen-bond acceptors (Lipinski definition) is 2. The van der Waals surface area contributed by atoms with Crippen LogP contribution in [0.4, 0.5) is 5.69 Å². The van der Waals surface area contributed by atoms with Crippen LogP contribution in [0.25, 0.3) is 0 Å². The maximum Gasteiger partial charge on any atom is 0.121 e. The number of benzene rings is 1. The van der Waals surface area contributed by atoms with Gasteiger partial charge in [-0.15, -0.1) is 0 Å². The summed E-state index contributed by atoms with van der Waals surface area (Å²) >= 11 is 0. The first kappa shape index (κ1) is 11.3. The van der Waals surface area contributed by atoms with E-state index in [-0.39, 0.29) is 0 Å². The predicted molar refractivity (Wildman–Crippen MR) is 68.1 cm³/mol. The summed E-state index contributed by atoms with van der Waals surface area (Å²) in [5.74, 6) is 1.86. The van der Waals surface area contributed by atoms with Gasteiger partial charge in [-0.1, -0.05) is 19.4 Å². The summed E-state index contributed by atoms with van der Waals surface area (Å²) in [6.45, 7) is 4.03. The Bertz CT molecular complexity index is 320. The van der Waals surface area contributed by atoms with Gasteiger partial charge in [-0.3, -0.25) is 0 Å². The second-order valence-corrected chi connectivity index (χ2v) is 4.55. The summed E-state index contributed by atoms with van der Waals surface area (Å²) in [6, 6.07) is 8.27. The zero-order valence-electron chi connectivity index (χ0n) is 10.0. The lowest BCUT2D eigenvalue weighted by Crippen LogP contribution is -2.20. The van der Waals surface area contributed by atoms with Gasteiger partial charge in [0.25, 0.3) is 0 Å². The summed E-state index contributed by atoms with van der Waals surface area (Å²) in [5, 5.41) is 3.48. The van der Waals surface area contributed by atoms with E-state index in [9.17, 15) is 0 Å². The van der Waals surface area contributed by atoms with Crippen molar-refractivity contribution in [3.63, 3.8) is 0 Å². The lowest BCUT2D eigenvalue weighted by molar-refractivity contribution is 0.317. The smallest absolute Gasteiger partial charge is 0.121 e. The standard InChI is InChI=1S/C14H21NO/c1-2-9-16-14-8-4-7-13(10-14)15-11-12-5-3-6-12/h4,7-8,10,12,15H,2-3,5-6,9,11H2,1H3. The van der Waals surface area contributed by atoms with Crippen LogP contribution in [0, 0.1) is 5.92 Å². The van der Waals surface area contributed by atoms with E-state index in [1.165, 1.54) is 24.9 Å². The Balaban J connectivity index is 1.82. The molecule has 1 aromatic rings. The van der Waals surface area contributed by atoms with Crippen LogP contribution in [0.5, 0.6) is 5.75 Å². The first-order chi connectivity index (χ1) is 7.88. The maximum atomic E-state index is 5.60. The van der Waals surface area contributed by atoms with Crippen molar-refractivity contribution in [2.45, 2.75) is 32.6 Å². The zero-order valence-corrected chi connectivity index (χ0v) is 10.0. The highest BCUT2D eigenvalue weighted by atomic mass is 16.5. The van der Waals surface area contributed by atoms with Gasteiger partial charge >= 0.3 is 0 Å². The highest BCUT2D eigenvalue weighted by molar-refractivity contribution is 5.48. The molecular weight excluding hydrogens is 198 g/mol. The van der Waals surface area contributed by atoms with Gasteiger partial charge in [0.05, 0.1) is 6.61 Å². The fourth-order valence-corrected chi connectivity index (χ4v) is 1.87. The van der Waals surface area contributed by atoms with Crippen molar-refractivity contribution >= 4 is 5.69 Å². The van der Waals surface area contributed by atoms with E-state index < -0.39 is 0 Å².